The fourth-order valence-electron chi connectivity index (χ4n) is 1.45. The van der Waals surface area contributed by atoms with E-state index in [4.69, 9.17) is 0 Å². The van der Waals surface area contributed by atoms with E-state index in [0.717, 1.165) is 17.8 Å². The summed E-state index contributed by atoms with van der Waals surface area (Å²) in [5.41, 5.74) is 2.02. The van der Waals surface area contributed by atoms with Gasteiger partial charge in [-0.2, -0.15) is 0 Å². The predicted molar refractivity (Wildman–Crippen MR) is 50.3 cm³/mol. The minimum atomic E-state index is 0.392. The largest absolute Gasteiger partial charge is 0.508 e. The van der Waals surface area contributed by atoms with E-state index in [2.05, 4.69) is 4.90 Å². The molecule has 1 heterocycles. The van der Waals surface area contributed by atoms with Crippen molar-refractivity contribution < 1.29 is 5.11 Å². The van der Waals surface area contributed by atoms with Gasteiger partial charge in [-0.1, -0.05) is 12.1 Å². The lowest BCUT2D eigenvalue weighted by Crippen LogP contribution is -2.21. The van der Waals surface area contributed by atoms with Gasteiger partial charge < -0.3 is 10.0 Å². The van der Waals surface area contributed by atoms with Crippen molar-refractivity contribution in [2.75, 3.05) is 18.5 Å². The van der Waals surface area contributed by atoms with Crippen molar-refractivity contribution in [2.24, 2.45) is 0 Å². The van der Waals surface area contributed by atoms with Gasteiger partial charge in [0.2, 0.25) is 0 Å². The molecule has 12 heavy (non-hydrogen) atoms. The molecule has 1 aromatic rings. The average molecular weight is 161 g/mol. The monoisotopic (exact) mass is 161 g/mol. The van der Waals surface area contributed by atoms with Crippen LogP contribution in [-0.4, -0.2) is 18.7 Å². The number of para-hydroxylation sites is 1. The van der Waals surface area contributed by atoms with Gasteiger partial charge in [0.1, 0.15) is 5.76 Å². The van der Waals surface area contributed by atoms with Crippen molar-refractivity contribution in [3.8, 4) is 0 Å². The Balaban J connectivity index is 2.58. The van der Waals surface area contributed by atoms with Gasteiger partial charge in [-0.05, 0) is 18.2 Å². The molecule has 0 atom stereocenters. The summed E-state index contributed by atoms with van der Waals surface area (Å²) in [7, 11) is 2.02. The Bertz CT molecular complexity index is 330. The van der Waals surface area contributed by atoms with Gasteiger partial charge in [0.25, 0.3) is 0 Å². The second kappa shape index (κ2) is 2.55. The molecule has 0 fully saturated rings. The molecule has 0 saturated carbocycles. The van der Waals surface area contributed by atoms with Crippen LogP contribution in [0.5, 0.6) is 0 Å². The topological polar surface area (TPSA) is 23.5 Å². The zero-order valence-electron chi connectivity index (χ0n) is 6.99. The Morgan fingerprint density at radius 3 is 2.83 bits per heavy atom. The fourth-order valence-corrected chi connectivity index (χ4v) is 1.45. The maximum absolute atomic E-state index is 9.51. The quantitative estimate of drug-likeness (QED) is 0.629. The molecule has 0 spiro atoms. The molecule has 0 radical (unpaired) electrons. The molecular formula is C10H11NO. The van der Waals surface area contributed by atoms with Crippen LogP contribution in [0.1, 0.15) is 5.56 Å². The van der Waals surface area contributed by atoms with E-state index < -0.39 is 0 Å². The highest BCUT2D eigenvalue weighted by Crippen LogP contribution is 2.28. The Morgan fingerprint density at radius 2 is 2.08 bits per heavy atom. The molecule has 1 aliphatic rings. The molecule has 2 nitrogen and oxygen atoms in total. The van der Waals surface area contributed by atoms with Crippen LogP contribution in [0.25, 0.3) is 5.76 Å². The van der Waals surface area contributed by atoms with E-state index in [-0.39, 0.29) is 0 Å². The average Bonchev–Trinajstić information content (AvgIpc) is 2.12. The van der Waals surface area contributed by atoms with Crippen molar-refractivity contribution in [3.63, 3.8) is 0 Å². The Labute approximate surface area is 71.7 Å². The molecule has 1 aromatic carbocycles. The number of benzene rings is 1. The predicted octanol–water partition coefficient (Wildman–Crippen LogP) is 2.04. The molecule has 0 amide bonds. The standard InChI is InChI=1S/C10H11NO/c1-11-7-6-10(12)8-4-2-3-5-9(8)11/h2-6,12H,7H2,1H3. The van der Waals surface area contributed by atoms with E-state index in [1.807, 2.05) is 37.4 Å². The minimum Gasteiger partial charge on any atom is -0.508 e. The maximum Gasteiger partial charge on any atom is 0.122 e. The number of anilines is 1. The number of likely N-dealkylation sites (N-methyl/N-ethyl adjacent to an activating group) is 1. The van der Waals surface area contributed by atoms with E-state index >= 15 is 0 Å². The molecule has 0 unspecified atom stereocenters. The van der Waals surface area contributed by atoms with Gasteiger partial charge in [-0.15, -0.1) is 0 Å². The highest BCUT2D eigenvalue weighted by atomic mass is 16.3. The van der Waals surface area contributed by atoms with Gasteiger partial charge in [0, 0.05) is 24.8 Å². The third-order valence-corrected chi connectivity index (χ3v) is 2.15. The second-order valence-corrected chi connectivity index (χ2v) is 2.99. The number of aliphatic hydroxyl groups is 1. The first-order valence-corrected chi connectivity index (χ1v) is 3.98. The Hall–Kier alpha value is -1.44. The van der Waals surface area contributed by atoms with Crippen molar-refractivity contribution in [1.82, 2.24) is 0 Å². The van der Waals surface area contributed by atoms with Crippen molar-refractivity contribution >= 4 is 11.4 Å². The molecule has 2 rings (SSSR count). The third-order valence-electron chi connectivity index (χ3n) is 2.15. The SMILES string of the molecule is CN1CC=C(O)c2ccccc21. The highest BCUT2D eigenvalue weighted by Gasteiger charge is 2.13. The van der Waals surface area contributed by atoms with Crippen LogP contribution in [-0.2, 0) is 0 Å². The molecule has 0 bridgehead atoms. The molecule has 0 aromatic heterocycles. The van der Waals surface area contributed by atoms with Crippen LogP contribution in [0.3, 0.4) is 0 Å². The summed E-state index contributed by atoms with van der Waals surface area (Å²) in [6, 6.07) is 7.85. The first-order chi connectivity index (χ1) is 5.79. The van der Waals surface area contributed by atoms with Crippen molar-refractivity contribution in [3.05, 3.63) is 35.9 Å². The van der Waals surface area contributed by atoms with Gasteiger partial charge in [-0.3, -0.25) is 0 Å². The van der Waals surface area contributed by atoms with E-state index in [1.54, 1.807) is 0 Å². The van der Waals surface area contributed by atoms with Crippen molar-refractivity contribution in [2.45, 2.75) is 0 Å². The van der Waals surface area contributed by atoms with Crippen LogP contribution in [0.15, 0.2) is 30.3 Å². The lowest BCUT2D eigenvalue weighted by Gasteiger charge is -2.24. The highest BCUT2D eigenvalue weighted by molar-refractivity contribution is 5.75. The van der Waals surface area contributed by atoms with E-state index in [9.17, 15) is 5.11 Å². The first-order valence-electron chi connectivity index (χ1n) is 3.98. The van der Waals surface area contributed by atoms with E-state index in [1.165, 1.54) is 0 Å². The summed E-state index contributed by atoms with van der Waals surface area (Å²) < 4.78 is 0. The number of fused-ring (bicyclic) bond motifs is 1. The summed E-state index contributed by atoms with van der Waals surface area (Å²) >= 11 is 0. The third kappa shape index (κ3) is 0.961. The minimum absolute atomic E-state index is 0.392. The molecule has 0 saturated heterocycles. The van der Waals surface area contributed by atoms with Crippen molar-refractivity contribution in [1.29, 1.82) is 0 Å². The summed E-state index contributed by atoms with van der Waals surface area (Å²) in [5.74, 6) is 0.392. The summed E-state index contributed by atoms with van der Waals surface area (Å²) in [4.78, 5) is 2.11. The lowest BCUT2D eigenvalue weighted by atomic mass is 10.1. The molecule has 2 heteroatoms. The second-order valence-electron chi connectivity index (χ2n) is 2.99. The van der Waals surface area contributed by atoms with E-state index in [0.29, 0.717) is 5.76 Å². The number of aliphatic hydroxyl groups excluding tert-OH is 1. The first kappa shape index (κ1) is 7.22. The van der Waals surface area contributed by atoms with Crippen LogP contribution < -0.4 is 4.90 Å². The van der Waals surface area contributed by atoms with Crippen LogP contribution in [0.2, 0.25) is 0 Å². The molecule has 1 aliphatic heterocycles. The molecule has 1 N–H and O–H groups in total. The molecular weight excluding hydrogens is 150 g/mol. The summed E-state index contributed by atoms with van der Waals surface area (Å²) in [5, 5.41) is 9.51. The molecule has 0 aliphatic carbocycles. The van der Waals surface area contributed by atoms with Crippen LogP contribution >= 0.6 is 0 Å². The number of hydrogen-bond acceptors (Lipinski definition) is 2. The zero-order chi connectivity index (χ0) is 8.55. The van der Waals surface area contributed by atoms with Gasteiger partial charge in [0.15, 0.2) is 0 Å². The van der Waals surface area contributed by atoms with Gasteiger partial charge >= 0.3 is 0 Å². The maximum atomic E-state index is 9.51. The normalized spacial score (nSPS) is 15.4. The number of rotatable bonds is 0. The van der Waals surface area contributed by atoms with Gasteiger partial charge in [0.05, 0.1) is 0 Å². The number of nitrogens with zero attached hydrogens (tertiary/aromatic N) is 1. The smallest absolute Gasteiger partial charge is 0.122 e. The number of hydrogen-bond donors (Lipinski definition) is 1. The summed E-state index contributed by atoms with van der Waals surface area (Å²) in [6.07, 6.45) is 1.82. The molecule has 62 valence electrons. The van der Waals surface area contributed by atoms with Gasteiger partial charge in [-0.25, -0.2) is 0 Å². The Morgan fingerprint density at radius 1 is 1.33 bits per heavy atom. The Kier molecular flexibility index (Phi) is 1.54. The van der Waals surface area contributed by atoms with Crippen LogP contribution in [0, 0.1) is 0 Å². The summed E-state index contributed by atoms with van der Waals surface area (Å²) in [6.45, 7) is 0.781. The van der Waals surface area contributed by atoms with Crippen LogP contribution in [0.4, 0.5) is 5.69 Å². The lowest BCUT2D eigenvalue weighted by molar-refractivity contribution is 0.508. The zero-order valence-corrected chi connectivity index (χ0v) is 6.99. The fraction of sp³-hybridized carbons (Fsp3) is 0.200.